The monoisotopic (exact) mass is 255 g/mol. The van der Waals surface area contributed by atoms with Crippen LogP contribution in [0.5, 0.6) is 0 Å². The molecule has 0 aliphatic carbocycles. The van der Waals surface area contributed by atoms with E-state index in [4.69, 9.17) is 4.74 Å². The lowest BCUT2D eigenvalue weighted by atomic mass is 10.1. The van der Waals surface area contributed by atoms with E-state index < -0.39 is 5.60 Å². The maximum absolute atomic E-state index is 11.6. The van der Waals surface area contributed by atoms with Gasteiger partial charge in [-0.15, -0.1) is 0 Å². The number of pyridine rings is 1. The zero-order chi connectivity index (χ0) is 13.9. The molecule has 3 heteroatoms. The molecule has 2 aromatic rings. The first-order valence-electron chi connectivity index (χ1n) is 6.20. The van der Waals surface area contributed by atoms with Gasteiger partial charge in [-0.2, -0.15) is 0 Å². The Hall–Kier alpha value is -2.16. The third-order valence-electron chi connectivity index (χ3n) is 2.49. The number of benzene rings is 1. The smallest absolute Gasteiger partial charge is 0.331 e. The van der Waals surface area contributed by atoms with Crippen molar-refractivity contribution in [2.45, 2.75) is 26.4 Å². The van der Waals surface area contributed by atoms with Gasteiger partial charge in [0.2, 0.25) is 0 Å². The summed E-state index contributed by atoms with van der Waals surface area (Å²) in [6, 6.07) is 9.70. The van der Waals surface area contributed by atoms with Crippen LogP contribution < -0.4 is 0 Å². The number of fused-ring (bicyclic) bond motifs is 1. The molecule has 0 amide bonds. The van der Waals surface area contributed by atoms with Crippen molar-refractivity contribution in [3.05, 3.63) is 48.2 Å². The van der Waals surface area contributed by atoms with Crippen molar-refractivity contribution in [2.24, 2.45) is 0 Å². The van der Waals surface area contributed by atoms with Crippen LogP contribution in [0.2, 0.25) is 0 Å². The zero-order valence-corrected chi connectivity index (χ0v) is 11.4. The minimum Gasteiger partial charge on any atom is -0.457 e. The molecule has 2 rings (SSSR count). The Balaban J connectivity index is 2.24. The second kappa shape index (κ2) is 5.22. The molecule has 0 fully saturated rings. The van der Waals surface area contributed by atoms with Crippen LogP contribution in [0.25, 0.3) is 17.0 Å². The van der Waals surface area contributed by atoms with Gasteiger partial charge in [0.15, 0.2) is 0 Å². The van der Waals surface area contributed by atoms with E-state index in [-0.39, 0.29) is 5.97 Å². The van der Waals surface area contributed by atoms with E-state index in [0.29, 0.717) is 0 Å². The number of carbonyl (C=O) groups excluding carboxylic acids is 1. The number of esters is 1. The van der Waals surface area contributed by atoms with E-state index in [1.54, 1.807) is 12.3 Å². The highest BCUT2D eigenvalue weighted by Crippen LogP contribution is 2.17. The standard InChI is InChI=1S/C16H17NO2/c1-16(2,3)19-15(18)9-8-12-10-11-17-14-7-5-4-6-13(12)14/h4-11H,1-3H3/b9-8+. The van der Waals surface area contributed by atoms with Crippen molar-refractivity contribution in [3.63, 3.8) is 0 Å². The molecule has 1 aromatic heterocycles. The van der Waals surface area contributed by atoms with Crippen LogP contribution in [0.4, 0.5) is 0 Å². The molecule has 1 heterocycles. The minimum atomic E-state index is -0.471. The highest BCUT2D eigenvalue weighted by atomic mass is 16.6. The average Bonchev–Trinajstić information content (AvgIpc) is 2.34. The molecule has 98 valence electrons. The Morgan fingerprint density at radius 2 is 1.95 bits per heavy atom. The molecule has 0 saturated carbocycles. The third kappa shape index (κ3) is 3.65. The molecule has 0 spiro atoms. The van der Waals surface area contributed by atoms with Crippen LogP contribution in [0.3, 0.4) is 0 Å². The minimum absolute atomic E-state index is 0.339. The van der Waals surface area contributed by atoms with Crippen LogP contribution in [-0.2, 0) is 9.53 Å². The predicted octanol–water partition coefficient (Wildman–Crippen LogP) is 3.59. The first-order valence-corrected chi connectivity index (χ1v) is 6.20. The van der Waals surface area contributed by atoms with Crippen LogP contribution in [0, 0.1) is 0 Å². The molecular formula is C16H17NO2. The molecule has 3 nitrogen and oxygen atoms in total. The summed E-state index contributed by atoms with van der Waals surface area (Å²) in [6.45, 7) is 5.54. The van der Waals surface area contributed by atoms with Crippen molar-refractivity contribution < 1.29 is 9.53 Å². The van der Waals surface area contributed by atoms with Crippen molar-refractivity contribution in [1.82, 2.24) is 4.98 Å². The van der Waals surface area contributed by atoms with Crippen LogP contribution in [0.15, 0.2) is 42.6 Å². The summed E-state index contributed by atoms with van der Waals surface area (Å²) in [6.07, 6.45) is 4.95. The summed E-state index contributed by atoms with van der Waals surface area (Å²) in [5.74, 6) is -0.339. The maximum Gasteiger partial charge on any atom is 0.331 e. The third-order valence-corrected chi connectivity index (χ3v) is 2.49. The second-order valence-electron chi connectivity index (χ2n) is 5.28. The second-order valence-corrected chi connectivity index (χ2v) is 5.28. The van der Waals surface area contributed by atoms with E-state index in [1.165, 1.54) is 6.08 Å². The Bertz CT molecular complexity index is 619. The van der Waals surface area contributed by atoms with E-state index in [9.17, 15) is 4.79 Å². The number of nitrogens with zero attached hydrogens (tertiary/aromatic N) is 1. The van der Waals surface area contributed by atoms with Crippen LogP contribution in [-0.4, -0.2) is 16.6 Å². The maximum atomic E-state index is 11.6. The number of ether oxygens (including phenoxy) is 1. The van der Waals surface area contributed by atoms with Crippen LogP contribution >= 0.6 is 0 Å². The fraction of sp³-hybridized carbons (Fsp3) is 0.250. The Kier molecular flexibility index (Phi) is 3.65. The van der Waals surface area contributed by atoms with E-state index in [1.807, 2.05) is 51.1 Å². The largest absolute Gasteiger partial charge is 0.457 e. The van der Waals surface area contributed by atoms with E-state index in [2.05, 4.69) is 4.98 Å². The Labute approximate surface area is 112 Å². The average molecular weight is 255 g/mol. The first-order chi connectivity index (χ1) is 8.96. The van der Waals surface area contributed by atoms with Gasteiger partial charge in [0, 0.05) is 17.7 Å². The number of hydrogen-bond acceptors (Lipinski definition) is 3. The van der Waals surface area contributed by atoms with Crippen LogP contribution in [0.1, 0.15) is 26.3 Å². The van der Waals surface area contributed by atoms with Gasteiger partial charge in [0.05, 0.1) is 5.52 Å². The summed E-state index contributed by atoms with van der Waals surface area (Å²) in [4.78, 5) is 15.9. The Morgan fingerprint density at radius 3 is 2.68 bits per heavy atom. The topological polar surface area (TPSA) is 39.2 Å². The van der Waals surface area contributed by atoms with Gasteiger partial charge in [0.25, 0.3) is 0 Å². The van der Waals surface area contributed by atoms with Crippen molar-refractivity contribution in [3.8, 4) is 0 Å². The molecular weight excluding hydrogens is 238 g/mol. The Morgan fingerprint density at radius 1 is 1.21 bits per heavy atom. The summed E-state index contributed by atoms with van der Waals surface area (Å²) in [7, 11) is 0. The van der Waals surface area contributed by atoms with Gasteiger partial charge in [-0.3, -0.25) is 4.98 Å². The number of para-hydroxylation sites is 1. The van der Waals surface area contributed by atoms with Crippen molar-refractivity contribution in [2.75, 3.05) is 0 Å². The predicted molar refractivity (Wildman–Crippen MR) is 76.6 cm³/mol. The molecule has 0 saturated heterocycles. The highest BCUT2D eigenvalue weighted by Gasteiger charge is 2.13. The number of carbonyl (C=O) groups is 1. The molecule has 1 aromatic carbocycles. The van der Waals surface area contributed by atoms with E-state index in [0.717, 1.165) is 16.5 Å². The number of aromatic nitrogens is 1. The van der Waals surface area contributed by atoms with Crippen molar-refractivity contribution >= 4 is 22.9 Å². The molecule has 0 bridgehead atoms. The number of rotatable bonds is 2. The van der Waals surface area contributed by atoms with Gasteiger partial charge in [0.1, 0.15) is 5.60 Å². The fourth-order valence-corrected chi connectivity index (χ4v) is 1.76. The highest BCUT2D eigenvalue weighted by molar-refractivity contribution is 5.93. The summed E-state index contributed by atoms with van der Waals surface area (Å²) in [5, 5.41) is 1.02. The molecule has 0 aliphatic heterocycles. The fourth-order valence-electron chi connectivity index (χ4n) is 1.76. The summed E-state index contributed by atoms with van der Waals surface area (Å²) < 4.78 is 5.23. The van der Waals surface area contributed by atoms with Gasteiger partial charge in [-0.1, -0.05) is 18.2 Å². The quantitative estimate of drug-likeness (QED) is 0.608. The lowest BCUT2D eigenvalue weighted by Crippen LogP contribution is -2.22. The van der Waals surface area contributed by atoms with Gasteiger partial charge in [-0.25, -0.2) is 4.79 Å². The van der Waals surface area contributed by atoms with Gasteiger partial charge in [-0.05, 0) is 44.5 Å². The lowest BCUT2D eigenvalue weighted by Gasteiger charge is -2.17. The molecule has 0 unspecified atom stereocenters. The summed E-state index contributed by atoms with van der Waals surface area (Å²) in [5.41, 5.74) is 1.40. The zero-order valence-electron chi connectivity index (χ0n) is 11.4. The lowest BCUT2D eigenvalue weighted by molar-refractivity contribution is -0.148. The number of hydrogen-bond donors (Lipinski definition) is 0. The normalized spacial score (nSPS) is 11.9. The summed E-state index contributed by atoms with van der Waals surface area (Å²) >= 11 is 0. The SMILES string of the molecule is CC(C)(C)OC(=O)/C=C/c1ccnc2ccccc12. The first kappa shape index (κ1) is 13.3. The molecule has 19 heavy (non-hydrogen) atoms. The van der Waals surface area contributed by atoms with E-state index >= 15 is 0 Å². The molecule has 0 atom stereocenters. The molecule has 0 aliphatic rings. The molecule has 0 radical (unpaired) electrons. The van der Waals surface area contributed by atoms with Gasteiger partial charge < -0.3 is 4.74 Å². The van der Waals surface area contributed by atoms with Gasteiger partial charge >= 0.3 is 5.97 Å². The van der Waals surface area contributed by atoms with Crippen molar-refractivity contribution in [1.29, 1.82) is 0 Å². The molecule has 0 N–H and O–H groups in total.